The van der Waals surface area contributed by atoms with E-state index >= 15 is 0 Å². The van der Waals surface area contributed by atoms with Crippen LogP contribution < -0.4 is 20.9 Å². The van der Waals surface area contributed by atoms with Crippen molar-refractivity contribution in [3.05, 3.63) is 40.8 Å². The van der Waals surface area contributed by atoms with Gasteiger partial charge < -0.3 is 20.9 Å². The maximum absolute atomic E-state index is 13.4. The normalized spacial score (nSPS) is 22.4. The number of likely N-dealkylation sites (N-methyl/N-ethyl adjacent to an activating group) is 1. The quantitative estimate of drug-likeness (QED) is 0.604. The first-order valence-corrected chi connectivity index (χ1v) is 10.8. The minimum atomic E-state index is -1.60. The lowest BCUT2D eigenvalue weighted by molar-refractivity contribution is -0.117. The summed E-state index contributed by atoms with van der Waals surface area (Å²) in [6.45, 7) is 3.61. The van der Waals surface area contributed by atoms with E-state index in [2.05, 4.69) is 25.9 Å². The summed E-state index contributed by atoms with van der Waals surface area (Å²) in [5, 5.41) is 8.93. The molecule has 176 valence electrons. The van der Waals surface area contributed by atoms with E-state index in [1.807, 2.05) is 18.9 Å². The van der Waals surface area contributed by atoms with Gasteiger partial charge in [0.15, 0.2) is 23.3 Å². The number of halogens is 3. The summed E-state index contributed by atoms with van der Waals surface area (Å²) in [6, 6.07) is 0.952. The molecule has 1 aliphatic heterocycles. The summed E-state index contributed by atoms with van der Waals surface area (Å²) in [5.74, 6) is -4.02. The first-order chi connectivity index (χ1) is 15.6. The number of hydrogen-bond donors (Lipinski definition) is 3. The van der Waals surface area contributed by atoms with Gasteiger partial charge in [-0.1, -0.05) is 0 Å². The molecule has 2 amide bonds. The Labute approximate surface area is 189 Å². The molecule has 3 N–H and O–H groups in total. The first kappa shape index (κ1) is 22.8. The van der Waals surface area contributed by atoms with Crippen molar-refractivity contribution in [2.75, 3.05) is 22.6 Å². The molecule has 4 rings (SSSR count). The second kappa shape index (κ2) is 8.87. The van der Waals surface area contributed by atoms with E-state index < -0.39 is 23.4 Å². The standard InChI is InChI=1S/C22H25F3N6O2/c1-10-18-19(31(3)11(2)20(32)29-18)30-22(26-10)28-14-6-4-13(5-7-14)27-21(33)12-8-15(23)17(25)16(24)9-12/h8-9,11,13-14H,4-7H2,1-3H3,(H,27,33)(H,29,32)(H,26,28,30)/t11-,13?,14?/m0/s1. The fourth-order valence-electron chi connectivity index (χ4n) is 4.13. The highest BCUT2D eigenvalue weighted by atomic mass is 19.2. The first-order valence-electron chi connectivity index (χ1n) is 10.8. The number of carbonyl (C=O) groups excluding carboxylic acids is 2. The number of nitrogens with zero attached hydrogens (tertiary/aromatic N) is 3. The third kappa shape index (κ3) is 4.57. The number of benzene rings is 1. The van der Waals surface area contributed by atoms with Crippen LogP contribution in [0, 0.1) is 24.4 Å². The Balaban J connectivity index is 1.36. The molecular formula is C22H25F3N6O2. The van der Waals surface area contributed by atoms with Crippen molar-refractivity contribution in [1.82, 2.24) is 15.3 Å². The molecule has 1 aromatic carbocycles. The molecule has 1 aliphatic carbocycles. The molecule has 11 heteroatoms. The molecule has 0 spiro atoms. The molecule has 2 aromatic rings. The molecule has 1 fully saturated rings. The number of aromatic nitrogens is 2. The lowest BCUT2D eigenvalue weighted by Gasteiger charge is -2.33. The van der Waals surface area contributed by atoms with E-state index in [4.69, 9.17) is 0 Å². The lowest BCUT2D eigenvalue weighted by Crippen LogP contribution is -2.45. The van der Waals surface area contributed by atoms with Gasteiger partial charge in [0.25, 0.3) is 5.91 Å². The van der Waals surface area contributed by atoms with Crippen molar-refractivity contribution in [2.24, 2.45) is 0 Å². The molecule has 2 aliphatic rings. The Hall–Kier alpha value is -3.37. The Bertz CT molecular complexity index is 1080. The third-order valence-electron chi connectivity index (χ3n) is 6.26. The number of hydrogen-bond acceptors (Lipinski definition) is 6. The molecule has 1 saturated carbocycles. The predicted octanol–water partition coefficient (Wildman–Crippen LogP) is 3.13. The van der Waals surface area contributed by atoms with Gasteiger partial charge in [-0.15, -0.1) is 0 Å². The molecule has 1 aromatic heterocycles. The highest BCUT2D eigenvalue weighted by Gasteiger charge is 2.31. The van der Waals surface area contributed by atoms with Gasteiger partial charge in [-0.25, -0.2) is 18.2 Å². The minimum absolute atomic E-state index is 0.0808. The number of fused-ring (bicyclic) bond motifs is 1. The van der Waals surface area contributed by atoms with Crippen molar-refractivity contribution >= 4 is 29.3 Å². The fraction of sp³-hybridized carbons (Fsp3) is 0.455. The molecule has 8 nitrogen and oxygen atoms in total. The molecule has 33 heavy (non-hydrogen) atoms. The Morgan fingerprint density at radius 3 is 2.33 bits per heavy atom. The van der Waals surface area contributed by atoms with Crippen LogP contribution in [-0.4, -0.2) is 47.0 Å². The van der Waals surface area contributed by atoms with Crippen molar-refractivity contribution in [3.8, 4) is 0 Å². The van der Waals surface area contributed by atoms with E-state index in [0.717, 1.165) is 12.8 Å². The maximum Gasteiger partial charge on any atom is 0.251 e. The van der Waals surface area contributed by atoms with Gasteiger partial charge in [-0.2, -0.15) is 4.98 Å². The monoisotopic (exact) mass is 462 g/mol. The number of anilines is 3. The van der Waals surface area contributed by atoms with E-state index in [1.165, 1.54) is 0 Å². The zero-order chi connectivity index (χ0) is 23.9. The minimum Gasteiger partial charge on any atom is -0.351 e. The molecule has 0 unspecified atom stereocenters. The second-order valence-corrected chi connectivity index (χ2v) is 8.53. The van der Waals surface area contributed by atoms with Gasteiger partial charge in [-0.05, 0) is 51.7 Å². The summed E-state index contributed by atoms with van der Waals surface area (Å²) in [5.41, 5.74) is 1.01. The second-order valence-electron chi connectivity index (χ2n) is 8.53. The average molecular weight is 462 g/mol. The van der Waals surface area contributed by atoms with Crippen molar-refractivity contribution < 1.29 is 22.8 Å². The third-order valence-corrected chi connectivity index (χ3v) is 6.26. The number of aryl methyl sites for hydroxylation is 1. The summed E-state index contributed by atoms with van der Waals surface area (Å²) in [6.07, 6.45) is 2.73. The van der Waals surface area contributed by atoms with Crippen molar-refractivity contribution in [2.45, 2.75) is 57.7 Å². The Kier molecular flexibility index (Phi) is 6.13. The summed E-state index contributed by atoms with van der Waals surface area (Å²) < 4.78 is 39.9. The van der Waals surface area contributed by atoms with E-state index in [0.29, 0.717) is 48.1 Å². The van der Waals surface area contributed by atoms with Crippen LogP contribution in [0.25, 0.3) is 0 Å². The molecule has 0 radical (unpaired) electrons. The number of rotatable bonds is 4. The highest BCUT2D eigenvalue weighted by Crippen LogP contribution is 2.32. The van der Waals surface area contributed by atoms with E-state index in [9.17, 15) is 22.8 Å². The summed E-state index contributed by atoms with van der Waals surface area (Å²) >= 11 is 0. The van der Waals surface area contributed by atoms with Crippen LogP contribution >= 0.6 is 0 Å². The summed E-state index contributed by atoms with van der Waals surface area (Å²) in [4.78, 5) is 35.2. The van der Waals surface area contributed by atoms with Gasteiger partial charge in [0.1, 0.15) is 11.7 Å². The largest absolute Gasteiger partial charge is 0.351 e. The van der Waals surface area contributed by atoms with Crippen molar-refractivity contribution in [3.63, 3.8) is 0 Å². The van der Waals surface area contributed by atoms with Crippen LogP contribution in [0.3, 0.4) is 0 Å². The topological polar surface area (TPSA) is 99.2 Å². The zero-order valence-electron chi connectivity index (χ0n) is 18.5. The van der Waals surface area contributed by atoms with E-state index in [-0.39, 0.29) is 29.6 Å². The zero-order valence-corrected chi connectivity index (χ0v) is 18.5. The van der Waals surface area contributed by atoms with E-state index in [1.54, 1.807) is 6.92 Å². The maximum atomic E-state index is 13.4. The van der Waals surface area contributed by atoms with Crippen molar-refractivity contribution in [1.29, 1.82) is 0 Å². The van der Waals surface area contributed by atoms with Crippen LogP contribution in [0.15, 0.2) is 12.1 Å². The highest BCUT2D eigenvalue weighted by molar-refractivity contribution is 6.03. The van der Waals surface area contributed by atoms with Gasteiger partial charge in [-0.3, -0.25) is 9.59 Å². The van der Waals surface area contributed by atoms with Crippen LogP contribution in [0.5, 0.6) is 0 Å². The van der Waals surface area contributed by atoms with Gasteiger partial charge in [0, 0.05) is 24.7 Å². The number of amides is 2. The number of carbonyl (C=O) groups is 2. The predicted molar refractivity (Wildman–Crippen MR) is 117 cm³/mol. The Morgan fingerprint density at radius 1 is 1.09 bits per heavy atom. The molecule has 2 heterocycles. The average Bonchev–Trinajstić information content (AvgIpc) is 2.78. The lowest BCUT2D eigenvalue weighted by atomic mass is 9.91. The fourth-order valence-corrected chi connectivity index (χ4v) is 4.13. The van der Waals surface area contributed by atoms with Gasteiger partial charge in [0.2, 0.25) is 11.9 Å². The van der Waals surface area contributed by atoms with Crippen LogP contribution in [-0.2, 0) is 4.79 Å². The number of nitrogens with one attached hydrogen (secondary N) is 3. The SMILES string of the molecule is Cc1nc(NC2CCC(NC(=O)c3cc(F)c(F)c(F)c3)CC2)nc2c1NC(=O)[C@H](C)N2C. The van der Waals surface area contributed by atoms with Gasteiger partial charge in [0.05, 0.1) is 5.69 Å². The molecular weight excluding hydrogens is 437 g/mol. The molecule has 0 saturated heterocycles. The van der Waals surface area contributed by atoms with Crippen LogP contribution in [0.1, 0.15) is 48.7 Å². The molecule has 1 atom stereocenters. The van der Waals surface area contributed by atoms with Crippen LogP contribution in [0.4, 0.5) is 30.6 Å². The van der Waals surface area contributed by atoms with Gasteiger partial charge >= 0.3 is 0 Å². The van der Waals surface area contributed by atoms with Crippen LogP contribution in [0.2, 0.25) is 0 Å². The summed E-state index contributed by atoms with van der Waals surface area (Å²) in [7, 11) is 1.81. The smallest absolute Gasteiger partial charge is 0.251 e. The Morgan fingerprint density at radius 2 is 1.70 bits per heavy atom. The molecule has 0 bridgehead atoms.